The van der Waals surface area contributed by atoms with Gasteiger partial charge in [0.15, 0.2) is 0 Å². The minimum atomic E-state index is -0.0672. The van der Waals surface area contributed by atoms with E-state index in [1.807, 2.05) is 6.92 Å². The number of piperazine rings is 1. The minimum Gasteiger partial charge on any atom is -0.466 e. The Morgan fingerprint density at radius 3 is 2.20 bits per heavy atom. The Hall–Kier alpha value is -1.53. The van der Waals surface area contributed by atoms with Gasteiger partial charge in [0.05, 0.1) is 12.1 Å². The third-order valence-electron chi connectivity index (χ3n) is 3.37. The van der Waals surface area contributed by atoms with Gasteiger partial charge in [-0.05, 0) is 19.9 Å². The molecule has 0 atom stereocenters. The molecule has 7 heteroatoms. The van der Waals surface area contributed by atoms with Crippen LogP contribution in [0.2, 0.25) is 0 Å². The van der Waals surface area contributed by atoms with Crippen molar-refractivity contribution in [1.82, 2.24) is 9.80 Å². The molecule has 0 unspecified atom stereocenters. The number of carbonyl (C=O) groups is 2. The normalized spacial score (nSPS) is 14.9. The molecule has 2 heterocycles. The van der Waals surface area contributed by atoms with Crippen LogP contribution in [-0.4, -0.2) is 54.3 Å². The number of furan rings is 1. The van der Waals surface area contributed by atoms with Crippen molar-refractivity contribution in [1.29, 1.82) is 0 Å². The van der Waals surface area contributed by atoms with Gasteiger partial charge < -0.3 is 20.0 Å². The minimum absolute atomic E-state index is 0. The van der Waals surface area contributed by atoms with Gasteiger partial charge in [0.1, 0.15) is 11.5 Å². The van der Waals surface area contributed by atoms with Gasteiger partial charge in [0.25, 0.3) is 5.91 Å². The van der Waals surface area contributed by atoms with Gasteiger partial charge in [-0.3, -0.25) is 9.59 Å². The first-order valence-corrected chi connectivity index (χ1v) is 6.37. The Balaban J connectivity index is 0.00000200. The maximum atomic E-state index is 12.3. The second kappa shape index (κ2) is 6.76. The molecule has 112 valence electrons. The largest absolute Gasteiger partial charge is 0.466 e. The topological polar surface area (TPSA) is 79.8 Å². The summed E-state index contributed by atoms with van der Waals surface area (Å²) in [6.07, 6.45) is 0. The zero-order valence-electron chi connectivity index (χ0n) is 11.7. The SMILES string of the molecule is Cc1cc(C(=O)N2CCN(C(=O)CN)CC2)c(C)o1.Cl. The van der Waals surface area contributed by atoms with E-state index in [1.165, 1.54) is 0 Å². The van der Waals surface area contributed by atoms with Crippen molar-refractivity contribution >= 4 is 24.2 Å². The number of nitrogens with two attached hydrogens (primary N) is 1. The van der Waals surface area contributed by atoms with Crippen LogP contribution in [-0.2, 0) is 4.79 Å². The summed E-state index contributed by atoms with van der Waals surface area (Å²) in [7, 11) is 0. The predicted octanol–water partition coefficient (Wildman–Crippen LogP) is 0.561. The fraction of sp³-hybridized carbons (Fsp3) is 0.538. The van der Waals surface area contributed by atoms with Crippen LogP contribution in [0.5, 0.6) is 0 Å². The number of hydrogen-bond donors (Lipinski definition) is 1. The quantitative estimate of drug-likeness (QED) is 0.865. The molecule has 1 saturated heterocycles. The molecule has 1 aromatic rings. The molecule has 20 heavy (non-hydrogen) atoms. The standard InChI is InChI=1S/C13H19N3O3.ClH/c1-9-7-11(10(2)19-9)13(18)16-5-3-15(4-6-16)12(17)8-14;/h7H,3-6,8,14H2,1-2H3;1H. The number of hydrogen-bond acceptors (Lipinski definition) is 4. The third kappa shape index (κ3) is 3.32. The summed E-state index contributed by atoms with van der Waals surface area (Å²) >= 11 is 0. The molecule has 1 aliphatic heterocycles. The average molecular weight is 302 g/mol. The monoisotopic (exact) mass is 301 g/mol. The van der Waals surface area contributed by atoms with E-state index >= 15 is 0 Å². The Bertz CT molecular complexity index is 493. The van der Waals surface area contributed by atoms with E-state index in [0.717, 1.165) is 5.76 Å². The lowest BCUT2D eigenvalue weighted by molar-refractivity contribution is -0.131. The van der Waals surface area contributed by atoms with Crippen molar-refractivity contribution in [2.45, 2.75) is 13.8 Å². The van der Waals surface area contributed by atoms with Gasteiger partial charge in [0, 0.05) is 26.2 Å². The number of nitrogens with zero attached hydrogens (tertiary/aromatic N) is 2. The molecule has 2 amide bonds. The average Bonchev–Trinajstić information content (AvgIpc) is 2.76. The lowest BCUT2D eigenvalue weighted by Gasteiger charge is -2.34. The summed E-state index contributed by atoms with van der Waals surface area (Å²) < 4.78 is 5.37. The molecule has 6 nitrogen and oxygen atoms in total. The molecule has 0 aliphatic carbocycles. The van der Waals surface area contributed by atoms with Crippen molar-refractivity contribution in [3.63, 3.8) is 0 Å². The van der Waals surface area contributed by atoms with Crippen molar-refractivity contribution in [3.8, 4) is 0 Å². The molecule has 0 spiro atoms. The summed E-state index contributed by atoms with van der Waals surface area (Å²) in [4.78, 5) is 27.2. The number of rotatable bonds is 2. The highest BCUT2D eigenvalue weighted by Gasteiger charge is 2.26. The highest BCUT2D eigenvalue weighted by atomic mass is 35.5. The second-order valence-corrected chi connectivity index (χ2v) is 4.70. The van der Waals surface area contributed by atoms with Crippen LogP contribution in [0.1, 0.15) is 21.9 Å². The van der Waals surface area contributed by atoms with Gasteiger partial charge >= 0.3 is 0 Å². The molecule has 0 aromatic carbocycles. The number of carbonyl (C=O) groups excluding carboxylic acids is 2. The molecular formula is C13H20ClN3O3. The maximum Gasteiger partial charge on any atom is 0.257 e. The summed E-state index contributed by atoms with van der Waals surface area (Å²) in [6.45, 7) is 5.78. The lowest BCUT2D eigenvalue weighted by atomic mass is 10.2. The molecule has 2 rings (SSSR count). The molecule has 1 aromatic heterocycles. The first-order chi connectivity index (χ1) is 9.02. The molecule has 0 saturated carbocycles. The molecular weight excluding hydrogens is 282 g/mol. The lowest BCUT2D eigenvalue weighted by Crippen LogP contribution is -2.51. The Labute approximate surface area is 124 Å². The van der Waals surface area contributed by atoms with Gasteiger partial charge in [-0.15, -0.1) is 12.4 Å². The van der Waals surface area contributed by atoms with Crippen LogP contribution in [0.25, 0.3) is 0 Å². The van der Waals surface area contributed by atoms with Crippen LogP contribution >= 0.6 is 12.4 Å². The van der Waals surface area contributed by atoms with Gasteiger partial charge in [-0.25, -0.2) is 0 Å². The van der Waals surface area contributed by atoms with Crippen LogP contribution in [0.4, 0.5) is 0 Å². The van der Waals surface area contributed by atoms with Crippen molar-refractivity contribution < 1.29 is 14.0 Å². The Kier molecular flexibility index (Phi) is 5.59. The van der Waals surface area contributed by atoms with Crippen molar-refractivity contribution in [2.75, 3.05) is 32.7 Å². The zero-order chi connectivity index (χ0) is 14.0. The van der Waals surface area contributed by atoms with Gasteiger partial charge in [-0.2, -0.15) is 0 Å². The van der Waals surface area contributed by atoms with Gasteiger partial charge in [-0.1, -0.05) is 0 Å². The summed E-state index contributed by atoms with van der Waals surface area (Å²) in [5, 5.41) is 0. The zero-order valence-corrected chi connectivity index (χ0v) is 12.5. The fourth-order valence-corrected chi connectivity index (χ4v) is 2.30. The first kappa shape index (κ1) is 16.5. The highest BCUT2D eigenvalue weighted by molar-refractivity contribution is 5.95. The van der Waals surface area contributed by atoms with Crippen LogP contribution in [0.15, 0.2) is 10.5 Å². The van der Waals surface area contributed by atoms with Crippen LogP contribution in [0, 0.1) is 13.8 Å². The number of halogens is 1. The van der Waals surface area contributed by atoms with Crippen LogP contribution in [0.3, 0.4) is 0 Å². The predicted molar refractivity (Wildman–Crippen MR) is 77.0 cm³/mol. The Morgan fingerprint density at radius 2 is 1.75 bits per heavy atom. The van der Waals surface area contributed by atoms with E-state index in [-0.39, 0.29) is 30.8 Å². The van der Waals surface area contributed by atoms with E-state index in [2.05, 4.69) is 0 Å². The van der Waals surface area contributed by atoms with Crippen LogP contribution < -0.4 is 5.73 Å². The van der Waals surface area contributed by atoms with E-state index in [1.54, 1.807) is 22.8 Å². The first-order valence-electron chi connectivity index (χ1n) is 6.37. The molecule has 0 radical (unpaired) electrons. The van der Waals surface area contributed by atoms with E-state index in [4.69, 9.17) is 10.2 Å². The van der Waals surface area contributed by atoms with E-state index in [0.29, 0.717) is 37.5 Å². The molecule has 0 bridgehead atoms. The molecule has 1 aliphatic rings. The Morgan fingerprint density at radius 1 is 1.20 bits per heavy atom. The second-order valence-electron chi connectivity index (χ2n) is 4.70. The van der Waals surface area contributed by atoms with Crippen molar-refractivity contribution in [2.24, 2.45) is 5.73 Å². The number of aryl methyl sites for hydroxylation is 2. The number of amides is 2. The van der Waals surface area contributed by atoms with Gasteiger partial charge in [0.2, 0.25) is 5.91 Å². The third-order valence-corrected chi connectivity index (χ3v) is 3.37. The van der Waals surface area contributed by atoms with E-state index in [9.17, 15) is 9.59 Å². The fourth-order valence-electron chi connectivity index (χ4n) is 2.30. The maximum absolute atomic E-state index is 12.3. The van der Waals surface area contributed by atoms with E-state index < -0.39 is 0 Å². The summed E-state index contributed by atoms with van der Waals surface area (Å²) in [5.74, 6) is 1.28. The highest BCUT2D eigenvalue weighted by Crippen LogP contribution is 2.17. The van der Waals surface area contributed by atoms with Crippen molar-refractivity contribution in [3.05, 3.63) is 23.2 Å². The molecule has 1 fully saturated rings. The summed E-state index contributed by atoms with van der Waals surface area (Å²) in [6, 6.07) is 1.76. The molecule has 2 N–H and O–H groups in total. The smallest absolute Gasteiger partial charge is 0.257 e. The summed E-state index contributed by atoms with van der Waals surface area (Å²) in [5.41, 5.74) is 5.93.